The summed E-state index contributed by atoms with van der Waals surface area (Å²) in [5.41, 5.74) is -0.289. The first kappa shape index (κ1) is 22.5. The zero-order valence-corrected chi connectivity index (χ0v) is 16.8. The highest BCUT2D eigenvalue weighted by atomic mass is 19.4. The lowest BCUT2D eigenvalue weighted by atomic mass is 10.1. The van der Waals surface area contributed by atoms with Gasteiger partial charge in [0, 0.05) is 26.2 Å². The van der Waals surface area contributed by atoms with Crippen LogP contribution in [0.3, 0.4) is 0 Å². The van der Waals surface area contributed by atoms with Crippen LogP contribution in [-0.2, 0) is 22.4 Å². The summed E-state index contributed by atoms with van der Waals surface area (Å²) in [5, 5.41) is 9.05. The van der Waals surface area contributed by atoms with E-state index in [2.05, 4.69) is 4.98 Å². The first-order valence-corrected chi connectivity index (χ1v) is 9.63. The first-order valence-electron chi connectivity index (χ1n) is 9.63. The van der Waals surface area contributed by atoms with Gasteiger partial charge in [0.2, 0.25) is 5.91 Å². The Balaban J connectivity index is 1.68. The Bertz CT molecular complexity index is 934. The van der Waals surface area contributed by atoms with Crippen LogP contribution in [0.2, 0.25) is 0 Å². The molecule has 2 aromatic rings. The van der Waals surface area contributed by atoms with E-state index >= 15 is 0 Å². The third-order valence-electron chi connectivity index (χ3n) is 5.01. The molecule has 1 saturated heterocycles. The highest BCUT2D eigenvalue weighted by molar-refractivity contribution is 5.92. The number of rotatable bonds is 6. The molecule has 1 aromatic carbocycles. The number of anilines is 1. The van der Waals surface area contributed by atoms with E-state index in [1.165, 1.54) is 24.1 Å². The van der Waals surface area contributed by atoms with E-state index in [-0.39, 0.29) is 32.2 Å². The first-order chi connectivity index (χ1) is 14.7. The molecule has 1 aliphatic heterocycles. The highest BCUT2D eigenvalue weighted by Gasteiger charge is 2.40. The molecule has 0 spiro atoms. The largest absolute Gasteiger partial charge is 0.484 e. The van der Waals surface area contributed by atoms with Crippen LogP contribution in [0.4, 0.5) is 19.0 Å². The van der Waals surface area contributed by atoms with Crippen LogP contribution in [0.5, 0.6) is 5.75 Å². The van der Waals surface area contributed by atoms with Crippen LogP contribution >= 0.6 is 0 Å². The number of alkyl halides is 3. The SMILES string of the molecule is CC(=O)N(c1ncccc1C(F)(F)F)[C@H]1CCN(C(=O)COc2ccc(CO)cc2)C1. The van der Waals surface area contributed by atoms with Gasteiger partial charge < -0.3 is 14.7 Å². The van der Waals surface area contributed by atoms with Crippen molar-refractivity contribution in [2.75, 3.05) is 24.6 Å². The maximum absolute atomic E-state index is 13.4. The van der Waals surface area contributed by atoms with Crippen LogP contribution < -0.4 is 9.64 Å². The number of amides is 2. The molecule has 0 aliphatic carbocycles. The summed E-state index contributed by atoms with van der Waals surface area (Å²) in [6.45, 7) is 1.20. The van der Waals surface area contributed by atoms with Crippen molar-refractivity contribution in [3.63, 3.8) is 0 Å². The van der Waals surface area contributed by atoms with Crippen molar-refractivity contribution in [3.05, 3.63) is 53.7 Å². The van der Waals surface area contributed by atoms with E-state index in [1.807, 2.05) is 0 Å². The predicted octanol–water partition coefficient (Wildman–Crippen LogP) is 2.63. The Hall–Kier alpha value is -3.14. The molecule has 7 nitrogen and oxygen atoms in total. The number of aliphatic hydroxyl groups is 1. The van der Waals surface area contributed by atoms with Crippen molar-refractivity contribution in [2.24, 2.45) is 0 Å². The Morgan fingerprint density at radius 3 is 2.58 bits per heavy atom. The minimum Gasteiger partial charge on any atom is -0.484 e. The van der Waals surface area contributed by atoms with Crippen LogP contribution in [0, 0.1) is 0 Å². The van der Waals surface area contributed by atoms with E-state index in [0.717, 1.165) is 11.0 Å². The molecule has 1 N–H and O–H groups in total. The third kappa shape index (κ3) is 5.32. The number of hydrogen-bond acceptors (Lipinski definition) is 5. The monoisotopic (exact) mass is 437 g/mol. The van der Waals surface area contributed by atoms with Crippen LogP contribution in [0.25, 0.3) is 0 Å². The number of nitrogens with zero attached hydrogens (tertiary/aromatic N) is 3. The van der Waals surface area contributed by atoms with Gasteiger partial charge >= 0.3 is 6.18 Å². The molecular weight excluding hydrogens is 415 g/mol. The molecule has 1 aliphatic rings. The molecule has 0 unspecified atom stereocenters. The van der Waals surface area contributed by atoms with Gasteiger partial charge in [-0.1, -0.05) is 12.1 Å². The summed E-state index contributed by atoms with van der Waals surface area (Å²) in [5.74, 6) is -0.921. The van der Waals surface area contributed by atoms with E-state index in [0.29, 0.717) is 17.7 Å². The maximum Gasteiger partial charge on any atom is 0.419 e. The summed E-state index contributed by atoms with van der Waals surface area (Å²) >= 11 is 0. The molecule has 1 aromatic heterocycles. The second-order valence-electron chi connectivity index (χ2n) is 7.13. The van der Waals surface area contributed by atoms with E-state index in [9.17, 15) is 22.8 Å². The number of carbonyl (C=O) groups is 2. The molecule has 2 amide bonds. The molecule has 166 valence electrons. The number of hydrogen-bond donors (Lipinski definition) is 1. The van der Waals surface area contributed by atoms with Gasteiger partial charge in [0.1, 0.15) is 11.6 Å². The fourth-order valence-corrected chi connectivity index (χ4v) is 3.50. The van der Waals surface area contributed by atoms with Gasteiger partial charge in [-0.3, -0.25) is 14.5 Å². The maximum atomic E-state index is 13.4. The van der Waals surface area contributed by atoms with E-state index in [4.69, 9.17) is 9.84 Å². The van der Waals surface area contributed by atoms with Crippen LogP contribution in [0.15, 0.2) is 42.6 Å². The number of carbonyl (C=O) groups excluding carboxylic acids is 2. The molecule has 3 rings (SSSR count). The molecule has 2 heterocycles. The number of pyridine rings is 1. The van der Waals surface area contributed by atoms with Gasteiger partial charge in [-0.05, 0) is 36.2 Å². The van der Waals surface area contributed by atoms with Gasteiger partial charge in [0.15, 0.2) is 6.61 Å². The molecule has 1 atom stereocenters. The minimum atomic E-state index is -4.66. The van der Waals surface area contributed by atoms with Gasteiger partial charge in [-0.25, -0.2) is 4.98 Å². The fraction of sp³-hybridized carbons (Fsp3) is 0.381. The number of likely N-dealkylation sites (tertiary alicyclic amines) is 1. The number of ether oxygens (including phenoxy) is 1. The average molecular weight is 437 g/mol. The average Bonchev–Trinajstić information content (AvgIpc) is 3.21. The second kappa shape index (κ2) is 9.34. The lowest BCUT2D eigenvalue weighted by molar-refractivity contribution is -0.137. The Morgan fingerprint density at radius 1 is 1.26 bits per heavy atom. The van der Waals surface area contributed by atoms with Gasteiger partial charge in [0.05, 0.1) is 18.2 Å². The number of benzene rings is 1. The Kier molecular flexibility index (Phi) is 6.79. The number of halogens is 3. The summed E-state index contributed by atoms with van der Waals surface area (Å²) in [6, 6.07) is 8.02. The lowest BCUT2D eigenvalue weighted by Crippen LogP contribution is -2.43. The zero-order valence-electron chi connectivity index (χ0n) is 16.8. The fourth-order valence-electron chi connectivity index (χ4n) is 3.50. The van der Waals surface area contributed by atoms with Crippen molar-refractivity contribution in [1.29, 1.82) is 0 Å². The normalized spacial score (nSPS) is 16.3. The van der Waals surface area contributed by atoms with E-state index < -0.39 is 29.5 Å². The van der Waals surface area contributed by atoms with Crippen LogP contribution in [-0.4, -0.2) is 52.5 Å². The molecule has 31 heavy (non-hydrogen) atoms. The quantitative estimate of drug-likeness (QED) is 0.751. The summed E-state index contributed by atoms with van der Waals surface area (Å²) < 4.78 is 45.7. The highest BCUT2D eigenvalue weighted by Crippen LogP contribution is 2.36. The Labute approximate surface area is 177 Å². The van der Waals surface area contributed by atoms with Gasteiger partial charge in [0.25, 0.3) is 5.91 Å². The van der Waals surface area contributed by atoms with Crippen LogP contribution in [0.1, 0.15) is 24.5 Å². The molecule has 1 fully saturated rings. The van der Waals surface area contributed by atoms with E-state index in [1.54, 1.807) is 24.3 Å². The van der Waals surface area contributed by atoms with Gasteiger partial charge in [-0.2, -0.15) is 13.2 Å². The molecule has 0 bridgehead atoms. The van der Waals surface area contributed by atoms with Crippen molar-refractivity contribution >= 4 is 17.6 Å². The lowest BCUT2D eigenvalue weighted by Gasteiger charge is -2.29. The van der Waals surface area contributed by atoms with Crippen molar-refractivity contribution in [3.8, 4) is 5.75 Å². The standard InChI is InChI=1S/C21H22F3N3O4/c1-14(29)27(20-18(21(22,23)24)3-2-9-25-20)16-8-10-26(11-16)19(30)13-31-17-6-4-15(12-28)5-7-17/h2-7,9,16,28H,8,10-13H2,1H3/t16-/m0/s1. The minimum absolute atomic E-state index is 0.0824. The zero-order chi connectivity index (χ0) is 22.6. The van der Waals surface area contributed by atoms with Gasteiger partial charge in [-0.15, -0.1) is 0 Å². The van der Waals surface area contributed by atoms with Crippen molar-refractivity contribution in [2.45, 2.75) is 32.2 Å². The summed E-state index contributed by atoms with van der Waals surface area (Å²) in [7, 11) is 0. The Morgan fingerprint density at radius 2 is 1.97 bits per heavy atom. The summed E-state index contributed by atoms with van der Waals surface area (Å²) in [4.78, 5) is 31.0. The molecule has 0 saturated carbocycles. The number of aromatic nitrogens is 1. The van der Waals surface area contributed by atoms with Crippen molar-refractivity contribution in [1.82, 2.24) is 9.88 Å². The summed E-state index contributed by atoms with van der Waals surface area (Å²) in [6.07, 6.45) is -3.14. The third-order valence-corrected chi connectivity index (χ3v) is 5.01. The number of aliphatic hydroxyl groups excluding tert-OH is 1. The predicted molar refractivity (Wildman–Crippen MR) is 105 cm³/mol. The van der Waals surface area contributed by atoms with Crippen molar-refractivity contribution < 1.29 is 32.6 Å². The topological polar surface area (TPSA) is 83.0 Å². The molecule has 0 radical (unpaired) electrons. The second-order valence-corrected chi connectivity index (χ2v) is 7.13. The molecule has 10 heteroatoms. The smallest absolute Gasteiger partial charge is 0.419 e. The molecular formula is C21H22F3N3O4.